The largest absolute Gasteiger partial charge is 0.359 e. The highest BCUT2D eigenvalue weighted by Crippen LogP contribution is 2.25. The maximum absolute atomic E-state index is 12.4. The first-order chi connectivity index (χ1) is 12.6. The number of benzene rings is 2. The van der Waals surface area contributed by atoms with E-state index in [1.807, 2.05) is 43.5 Å². The molecule has 0 aliphatic carbocycles. The van der Waals surface area contributed by atoms with Crippen LogP contribution in [0.3, 0.4) is 0 Å². The van der Waals surface area contributed by atoms with Crippen LogP contribution in [0.1, 0.15) is 18.2 Å². The maximum atomic E-state index is 12.4. The summed E-state index contributed by atoms with van der Waals surface area (Å²) >= 11 is 0. The third-order valence-electron chi connectivity index (χ3n) is 4.65. The molecule has 0 saturated heterocycles. The van der Waals surface area contributed by atoms with Gasteiger partial charge in [0, 0.05) is 35.9 Å². The van der Waals surface area contributed by atoms with Gasteiger partial charge in [0.05, 0.1) is 11.2 Å². The van der Waals surface area contributed by atoms with E-state index >= 15 is 0 Å². The Hall–Kier alpha value is -3.21. The Bertz CT molecular complexity index is 1090. The topological polar surface area (TPSA) is 61.9 Å². The molecule has 2 heterocycles. The molecule has 0 spiro atoms. The Morgan fingerprint density at radius 3 is 2.85 bits per heavy atom. The Balaban J connectivity index is 1.47. The van der Waals surface area contributed by atoms with Crippen LogP contribution < -0.4 is 10.6 Å². The molecule has 0 unspecified atom stereocenters. The average Bonchev–Trinajstić information content (AvgIpc) is 3.19. The number of aromatic amines is 1. The number of nitrogens with one attached hydrogen (secondary N) is 3. The van der Waals surface area contributed by atoms with Crippen molar-refractivity contribution >= 4 is 33.5 Å². The van der Waals surface area contributed by atoms with Gasteiger partial charge >= 0.3 is 6.03 Å². The van der Waals surface area contributed by atoms with Crippen molar-refractivity contribution in [3.8, 4) is 0 Å². The minimum Gasteiger partial charge on any atom is -0.359 e. The molecular formula is C21H22N4O. The number of aromatic nitrogens is 2. The molecule has 0 atom stereocenters. The molecule has 26 heavy (non-hydrogen) atoms. The SMILES string of the molecule is CCn1cc(NC(=O)NCc2ccc3[nH]c(C)cc3c2)c2ccccc21. The lowest BCUT2D eigenvalue weighted by atomic mass is 10.1. The monoisotopic (exact) mass is 346 g/mol. The molecule has 0 radical (unpaired) electrons. The van der Waals surface area contributed by atoms with Gasteiger partial charge in [-0.15, -0.1) is 0 Å². The van der Waals surface area contributed by atoms with E-state index in [4.69, 9.17) is 0 Å². The van der Waals surface area contributed by atoms with Gasteiger partial charge in [0.2, 0.25) is 0 Å². The first-order valence-corrected chi connectivity index (χ1v) is 8.85. The Morgan fingerprint density at radius 1 is 1.15 bits per heavy atom. The van der Waals surface area contributed by atoms with Crippen molar-refractivity contribution in [3.63, 3.8) is 0 Å². The number of hydrogen-bond donors (Lipinski definition) is 3. The van der Waals surface area contributed by atoms with E-state index in [-0.39, 0.29) is 6.03 Å². The number of urea groups is 1. The lowest BCUT2D eigenvalue weighted by molar-refractivity contribution is 0.252. The van der Waals surface area contributed by atoms with Crippen molar-refractivity contribution < 1.29 is 4.79 Å². The predicted octanol–water partition coefficient (Wildman–Crippen LogP) is 4.77. The zero-order valence-electron chi connectivity index (χ0n) is 15.0. The molecule has 5 nitrogen and oxygen atoms in total. The number of para-hydroxylation sites is 1. The highest BCUT2D eigenvalue weighted by Gasteiger charge is 2.10. The summed E-state index contributed by atoms with van der Waals surface area (Å²) in [6, 6.07) is 16.2. The first-order valence-electron chi connectivity index (χ1n) is 8.85. The average molecular weight is 346 g/mol. The Labute approximate surface area is 152 Å². The molecule has 132 valence electrons. The summed E-state index contributed by atoms with van der Waals surface area (Å²) in [7, 11) is 0. The molecular weight excluding hydrogens is 324 g/mol. The van der Waals surface area contributed by atoms with E-state index < -0.39 is 0 Å². The first kappa shape index (κ1) is 16.3. The summed E-state index contributed by atoms with van der Waals surface area (Å²) in [4.78, 5) is 15.7. The van der Waals surface area contributed by atoms with Crippen LogP contribution in [0.4, 0.5) is 10.5 Å². The van der Waals surface area contributed by atoms with E-state index in [1.54, 1.807) is 0 Å². The molecule has 2 aromatic heterocycles. The van der Waals surface area contributed by atoms with Crippen LogP contribution in [0.25, 0.3) is 21.8 Å². The van der Waals surface area contributed by atoms with Crippen LogP contribution in [0.5, 0.6) is 0 Å². The molecule has 0 fully saturated rings. The molecule has 0 aliphatic heterocycles. The summed E-state index contributed by atoms with van der Waals surface area (Å²) in [5.41, 5.74) is 5.27. The lowest BCUT2D eigenvalue weighted by Gasteiger charge is -2.07. The lowest BCUT2D eigenvalue weighted by Crippen LogP contribution is -2.28. The maximum Gasteiger partial charge on any atom is 0.319 e. The van der Waals surface area contributed by atoms with Crippen LogP contribution in [0.2, 0.25) is 0 Å². The van der Waals surface area contributed by atoms with Gasteiger partial charge in [0.1, 0.15) is 0 Å². The van der Waals surface area contributed by atoms with Crippen molar-refractivity contribution in [1.29, 1.82) is 0 Å². The molecule has 0 bridgehead atoms. The second-order valence-electron chi connectivity index (χ2n) is 6.53. The third-order valence-corrected chi connectivity index (χ3v) is 4.65. The zero-order chi connectivity index (χ0) is 18.1. The second-order valence-corrected chi connectivity index (χ2v) is 6.53. The molecule has 0 saturated carbocycles. The molecule has 4 aromatic rings. The van der Waals surface area contributed by atoms with Gasteiger partial charge in [-0.2, -0.15) is 0 Å². The van der Waals surface area contributed by atoms with Crippen LogP contribution in [0, 0.1) is 6.92 Å². The highest BCUT2D eigenvalue weighted by molar-refractivity contribution is 6.01. The van der Waals surface area contributed by atoms with Crippen molar-refractivity contribution in [2.24, 2.45) is 0 Å². The van der Waals surface area contributed by atoms with Crippen LogP contribution in [-0.4, -0.2) is 15.6 Å². The summed E-state index contributed by atoms with van der Waals surface area (Å²) in [5, 5.41) is 8.13. The van der Waals surface area contributed by atoms with Crippen molar-refractivity contribution in [3.05, 3.63) is 66.0 Å². The van der Waals surface area contributed by atoms with Gasteiger partial charge < -0.3 is 20.2 Å². The van der Waals surface area contributed by atoms with E-state index in [0.29, 0.717) is 6.54 Å². The van der Waals surface area contributed by atoms with Crippen LogP contribution >= 0.6 is 0 Å². The fourth-order valence-electron chi connectivity index (χ4n) is 3.39. The predicted molar refractivity (Wildman–Crippen MR) is 107 cm³/mol. The van der Waals surface area contributed by atoms with Gasteiger partial charge in [-0.25, -0.2) is 4.79 Å². The number of H-pyrrole nitrogens is 1. The minimum absolute atomic E-state index is 0.200. The van der Waals surface area contributed by atoms with Crippen molar-refractivity contribution in [1.82, 2.24) is 14.9 Å². The molecule has 2 amide bonds. The summed E-state index contributed by atoms with van der Waals surface area (Å²) in [5.74, 6) is 0. The molecule has 2 aromatic carbocycles. The third kappa shape index (κ3) is 3.04. The van der Waals surface area contributed by atoms with Crippen molar-refractivity contribution in [2.45, 2.75) is 26.9 Å². The minimum atomic E-state index is -0.200. The van der Waals surface area contributed by atoms with Gasteiger partial charge in [0.25, 0.3) is 0 Å². The van der Waals surface area contributed by atoms with E-state index in [1.165, 1.54) is 0 Å². The number of aryl methyl sites for hydroxylation is 2. The quantitative estimate of drug-likeness (QED) is 0.489. The van der Waals surface area contributed by atoms with Gasteiger partial charge in [-0.05, 0) is 49.1 Å². The standard InChI is InChI=1S/C21H22N4O/c1-3-25-13-19(17-6-4-5-7-20(17)25)24-21(26)22-12-15-8-9-18-16(11-15)10-14(2)23-18/h4-11,13,23H,3,12H2,1-2H3,(H2,22,24,26). The number of anilines is 1. The summed E-state index contributed by atoms with van der Waals surface area (Å²) in [6.45, 7) is 5.48. The normalized spacial score (nSPS) is 11.2. The van der Waals surface area contributed by atoms with Crippen LogP contribution in [-0.2, 0) is 13.1 Å². The van der Waals surface area contributed by atoms with E-state index in [2.05, 4.69) is 45.3 Å². The number of rotatable bonds is 4. The number of nitrogens with zero attached hydrogens (tertiary/aromatic N) is 1. The highest BCUT2D eigenvalue weighted by atomic mass is 16.2. The van der Waals surface area contributed by atoms with Gasteiger partial charge in [-0.3, -0.25) is 0 Å². The van der Waals surface area contributed by atoms with Crippen LogP contribution in [0.15, 0.2) is 54.7 Å². The summed E-state index contributed by atoms with van der Waals surface area (Å²) in [6.07, 6.45) is 1.99. The number of carbonyl (C=O) groups is 1. The van der Waals surface area contributed by atoms with Gasteiger partial charge in [-0.1, -0.05) is 24.3 Å². The van der Waals surface area contributed by atoms with Crippen molar-refractivity contribution in [2.75, 3.05) is 5.32 Å². The molecule has 5 heteroatoms. The van der Waals surface area contributed by atoms with Gasteiger partial charge in [0.15, 0.2) is 0 Å². The van der Waals surface area contributed by atoms with E-state index in [9.17, 15) is 4.79 Å². The number of carbonyl (C=O) groups excluding carboxylic acids is 1. The summed E-state index contributed by atoms with van der Waals surface area (Å²) < 4.78 is 2.13. The fourth-order valence-corrected chi connectivity index (χ4v) is 3.39. The Morgan fingerprint density at radius 2 is 2.00 bits per heavy atom. The second kappa shape index (κ2) is 6.59. The smallest absolute Gasteiger partial charge is 0.319 e. The fraction of sp³-hybridized carbons (Fsp3) is 0.190. The molecule has 3 N–H and O–H groups in total. The molecule has 0 aliphatic rings. The zero-order valence-corrected chi connectivity index (χ0v) is 15.0. The van der Waals surface area contributed by atoms with E-state index in [0.717, 1.165) is 45.3 Å². The molecule has 4 rings (SSSR count). The Kier molecular flexibility index (Phi) is 4.13. The number of amides is 2. The number of fused-ring (bicyclic) bond motifs is 2. The number of hydrogen-bond acceptors (Lipinski definition) is 1.